The molecular formula is C11H11N5O. The van der Waals surface area contributed by atoms with Gasteiger partial charge in [-0.25, -0.2) is 4.98 Å². The van der Waals surface area contributed by atoms with E-state index < -0.39 is 0 Å². The number of fused-ring (bicyclic) bond motifs is 1. The lowest BCUT2D eigenvalue weighted by atomic mass is 10.2. The zero-order valence-corrected chi connectivity index (χ0v) is 9.29. The molecule has 0 aliphatic rings. The van der Waals surface area contributed by atoms with Crippen molar-refractivity contribution in [1.29, 1.82) is 0 Å². The summed E-state index contributed by atoms with van der Waals surface area (Å²) < 4.78 is 6.56. The van der Waals surface area contributed by atoms with Gasteiger partial charge in [0.2, 0.25) is 12.3 Å². The van der Waals surface area contributed by atoms with E-state index in [0.29, 0.717) is 18.3 Å². The maximum atomic E-state index is 5.89. The van der Waals surface area contributed by atoms with Crippen LogP contribution in [-0.4, -0.2) is 19.7 Å². The number of rotatable bonds is 2. The molecule has 0 fully saturated rings. The number of nitrogens with zero attached hydrogens (tertiary/aromatic N) is 4. The summed E-state index contributed by atoms with van der Waals surface area (Å²) in [7, 11) is 0. The Morgan fingerprint density at radius 2 is 2.29 bits per heavy atom. The quantitative estimate of drug-likeness (QED) is 0.717. The smallest absolute Gasteiger partial charge is 0.213 e. The lowest BCUT2D eigenvalue weighted by Crippen LogP contribution is -2.05. The number of aryl methyl sites for hydroxylation is 1. The van der Waals surface area contributed by atoms with Crippen LogP contribution in [0, 0.1) is 6.92 Å². The van der Waals surface area contributed by atoms with Crippen LogP contribution in [0.1, 0.15) is 11.4 Å². The molecule has 0 bridgehead atoms. The Morgan fingerprint density at radius 1 is 1.41 bits per heavy atom. The first kappa shape index (κ1) is 9.83. The molecule has 0 radical (unpaired) electrons. The van der Waals surface area contributed by atoms with Crippen molar-refractivity contribution < 1.29 is 4.52 Å². The normalized spacial score (nSPS) is 11.1. The van der Waals surface area contributed by atoms with E-state index in [1.807, 2.05) is 29.7 Å². The van der Waals surface area contributed by atoms with Crippen LogP contribution in [0.5, 0.6) is 0 Å². The molecule has 0 unspecified atom stereocenters. The molecule has 6 heteroatoms. The van der Waals surface area contributed by atoms with Gasteiger partial charge in [0.15, 0.2) is 5.82 Å². The van der Waals surface area contributed by atoms with Crippen LogP contribution in [0.25, 0.3) is 11.0 Å². The summed E-state index contributed by atoms with van der Waals surface area (Å²) in [5, 5.41) is 3.77. The van der Waals surface area contributed by atoms with Crippen LogP contribution >= 0.6 is 0 Å². The van der Waals surface area contributed by atoms with Crippen LogP contribution in [0.15, 0.2) is 29.1 Å². The fourth-order valence-electron chi connectivity index (χ4n) is 1.83. The number of nitrogen functional groups attached to an aromatic ring is 1. The highest BCUT2D eigenvalue weighted by Crippen LogP contribution is 2.19. The molecule has 0 aliphatic heterocycles. The van der Waals surface area contributed by atoms with Gasteiger partial charge in [0.1, 0.15) is 0 Å². The van der Waals surface area contributed by atoms with Crippen molar-refractivity contribution in [2.45, 2.75) is 13.5 Å². The van der Waals surface area contributed by atoms with E-state index >= 15 is 0 Å². The molecule has 86 valence electrons. The van der Waals surface area contributed by atoms with Gasteiger partial charge in [-0.15, -0.1) is 0 Å². The predicted octanol–water partition coefficient (Wildman–Crippen LogP) is 1.36. The molecular weight excluding hydrogens is 218 g/mol. The minimum atomic E-state index is 0.454. The standard InChI is InChI=1S/C11H11N5O/c1-7-2-3-9-8(4-7)14-11(12)16(9)5-10-13-6-17-15-10/h2-4,6H,5H2,1H3,(H2,12,14). The van der Waals surface area contributed by atoms with Crippen LogP contribution < -0.4 is 5.73 Å². The van der Waals surface area contributed by atoms with E-state index in [-0.39, 0.29) is 0 Å². The first-order valence-corrected chi connectivity index (χ1v) is 5.21. The lowest BCUT2D eigenvalue weighted by Gasteiger charge is -2.02. The van der Waals surface area contributed by atoms with E-state index in [0.717, 1.165) is 16.6 Å². The third-order valence-electron chi connectivity index (χ3n) is 2.64. The highest BCUT2D eigenvalue weighted by Gasteiger charge is 2.10. The highest BCUT2D eigenvalue weighted by molar-refractivity contribution is 5.79. The summed E-state index contributed by atoms with van der Waals surface area (Å²) >= 11 is 0. The van der Waals surface area contributed by atoms with Crippen molar-refractivity contribution in [3.8, 4) is 0 Å². The topological polar surface area (TPSA) is 82.8 Å². The summed E-state index contributed by atoms with van der Waals surface area (Å²) in [4.78, 5) is 8.28. The third kappa shape index (κ3) is 1.63. The van der Waals surface area contributed by atoms with E-state index in [2.05, 4.69) is 15.1 Å². The number of benzene rings is 1. The van der Waals surface area contributed by atoms with Gasteiger partial charge in [-0.05, 0) is 24.6 Å². The SMILES string of the molecule is Cc1ccc2c(c1)nc(N)n2Cc1ncon1. The Balaban J connectivity index is 2.12. The fourth-order valence-corrected chi connectivity index (χ4v) is 1.83. The van der Waals surface area contributed by atoms with Crippen molar-refractivity contribution in [1.82, 2.24) is 19.7 Å². The van der Waals surface area contributed by atoms with Gasteiger partial charge in [-0.2, -0.15) is 4.98 Å². The molecule has 0 amide bonds. The molecule has 0 saturated heterocycles. The maximum absolute atomic E-state index is 5.89. The van der Waals surface area contributed by atoms with Gasteiger partial charge < -0.3 is 14.8 Å². The molecule has 3 rings (SSSR count). The Labute approximate surface area is 97.1 Å². The summed E-state index contributed by atoms with van der Waals surface area (Å²) in [5.74, 6) is 1.03. The minimum Gasteiger partial charge on any atom is -0.369 e. The van der Waals surface area contributed by atoms with Gasteiger partial charge in [-0.3, -0.25) is 0 Å². The molecule has 2 N–H and O–H groups in total. The van der Waals surface area contributed by atoms with Crippen molar-refractivity contribution in [2.24, 2.45) is 0 Å². The van der Waals surface area contributed by atoms with Gasteiger partial charge in [-0.1, -0.05) is 11.2 Å². The molecule has 0 aliphatic carbocycles. The van der Waals surface area contributed by atoms with E-state index in [1.165, 1.54) is 6.39 Å². The largest absolute Gasteiger partial charge is 0.369 e. The second-order valence-electron chi connectivity index (χ2n) is 3.90. The molecule has 6 nitrogen and oxygen atoms in total. The molecule has 1 aromatic carbocycles. The monoisotopic (exact) mass is 229 g/mol. The Hall–Kier alpha value is -2.37. The Kier molecular flexibility index (Phi) is 2.07. The number of hydrogen-bond donors (Lipinski definition) is 1. The third-order valence-corrected chi connectivity index (χ3v) is 2.64. The van der Waals surface area contributed by atoms with Gasteiger partial charge in [0.05, 0.1) is 17.6 Å². The summed E-state index contributed by atoms with van der Waals surface area (Å²) in [6, 6.07) is 6.02. The van der Waals surface area contributed by atoms with Gasteiger partial charge >= 0.3 is 0 Å². The molecule has 0 atom stereocenters. The maximum Gasteiger partial charge on any atom is 0.213 e. The first-order chi connectivity index (χ1) is 8.24. The van der Waals surface area contributed by atoms with Gasteiger partial charge in [0, 0.05) is 0 Å². The van der Waals surface area contributed by atoms with Crippen LogP contribution in [-0.2, 0) is 6.54 Å². The van der Waals surface area contributed by atoms with Crippen LogP contribution in [0.4, 0.5) is 5.95 Å². The number of anilines is 1. The second-order valence-corrected chi connectivity index (χ2v) is 3.90. The summed E-state index contributed by atoms with van der Waals surface area (Å²) in [5.41, 5.74) is 8.89. The lowest BCUT2D eigenvalue weighted by molar-refractivity contribution is 0.408. The Bertz CT molecular complexity index is 656. The summed E-state index contributed by atoms with van der Waals surface area (Å²) in [6.07, 6.45) is 1.30. The van der Waals surface area contributed by atoms with E-state index in [4.69, 9.17) is 10.3 Å². The van der Waals surface area contributed by atoms with Crippen molar-refractivity contribution in [3.63, 3.8) is 0 Å². The van der Waals surface area contributed by atoms with E-state index in [9.17, 15) is 0 Å². The minimum absolute atomic E-state index is 0.454. The second kappa shape index (κ2) is 3.58. The van der Waals surface area contributed by atoms with Crippen molar-refractivity contribution in [3.05, 3.63) is 36.0 Å². The predicted molar refractivity (Wildman–Crippen MR) is 62.3 cm³/mol. The summed E-state index contributed by atoms with van der Waals surface area (Å²) in [6.45, 7) is 2.48. The molecule has 0 spiro atoms. The Morgan fingerprint density at radius 3 is 3.06 bits per heavy atom. The molecule has 0 saturated carbocycles. The number of nitrogens with two attached hydrogens (primary N) is 1. The molecule has 2 aromatic heterocycles. The molecule has 3 aromatic rings. The van der Waals surface area contributed by atoms with Crippen molar-refractivity contribution >= 4 is 17.0 Å². The van der Waals surface area contributed by atoms with Crippen molar-refractivity contribution in [2.75, 3.05) is 5.73 Å². The number of imidazole rings is 1. The van der Waals surface area contributed by atoms with Crippen LogP contribution in [0.2, 0.25) is 0 Å². The number of hydrogen-bond acceptors (Lipinski definition) is 5. The number of aromatic nitrogens is 4. The zero-order chi connectivity index (χ0) is 11.8. The van der Waals surface area contributed by atoms with E-state index in [1.54, 1.807) is 0 Å². The zero-order valence-electron chi connectivity index (χ0n) is 9.29. The fraction of sp³-hybridized carbons (Fsp3) is 0.182. The average Bonchev–Trinajstić information content (AvgIpc) is 2.88. The highest BCUT2D eigenvalue weighted by atomic mass is 16.5. The molecule has 17 heavy (non-hydrogen) atoms. The van der Waals surface area contributed by atoms with Crippen LogP contribution in [0.3, 0.4) is 0 Å². The first-order valence-electron chi connectivity index (χ1n) is 5.21. The average molecular weight is 229 g/mol. The van der Waals surface area contributed by atoms with Gasteiger partial charge in [0.25, 0.3) is 0 Å². The molecule has 2 heterocycles.